The largest absolute Gasteiger partial charge is 0.471 e. The maximum Gasteiger partial charge on any atom is 0.347 e. The molecular weight excluding hydrogens is 544 g/mol. The number of nitrogens with zero attached hydrogens (tertiary/aromatic N) is 4. The van der Waals surface area contributed by atoms with Crippen LogP contribution in [0.5, 0.6) is 5.75 Å². The molecule has 10 nitrogen and oxygen atoms in total. The van der Waals surface area contributed by atoms with Crippen LogP contribution in [0.2, 0.25) is 5.02 Å². The Kier molecular flexibility index (Phi) is 8.23. The monoisotopic (exact) mass is 564 g/mol. The van der Waals surface area contributed by atoms with Crippen molar-refractivity contribution in [3.05, 3.63) is 71.7 Å². The second kappa shape index (κ2) is 11.0. The van der Waals surface area contributed by atoms with E-state index in [4.69, 9.17) is 21.1 Å². The third kappa shape index (κ3) is 5.85. The van der Waals surface area contributed by atoms with Crippen LogP contribution in [0.1, 0.15) is 45.0 Å². The Morgan fingerprint density at radius 1 is 1.31 bits per heavy atom. The van der Waals surface area contributed by atoms with Crippen LogP contribution in [0.25, 0.3) is 10.9 Å². The zero-order chi connectivity index (χ0) is 25.9. The Bertz CT molecular complexity index is 1390. The summed E-state index contributed by atoms with van der Waals surface area (Å²) in [6.07, 6.45) is 0.0702. The Labute approximate surface area is 213 Å². The number of nitro benzene ring substituents is 1. The van der Waals surface area contributed by atoms with Crippen LogP contribution in [0.4, 0.5) is 5.69 Å². The van der Waals surface area contributed by atoms with Gasteiger partial charge in [0.15, 0.2) is 6.10 Å². The van der Waals surface area contributed by atoms with E-state index in [9.17, 15) is 19.7 Å². The summed E-state index contributed by atoms with van der Waals surface area (Å²) in [7, 11) is 0. The number of hydrogen-bond acceptors (Lipinski definition) is 8. The fourth-order valence-electron chi connectivity index (χ4n) is 3.22. The number of carbonyl (C=O) groups excluding carboxylic acids is 1. The number of hydrogen-bond donors (Lipinski definition) is 0. The average Bonchev–Trinajstić information content (AvgIpc) is 2.79. The number of carbonyl (C=O) groups is 1. The Morgan fingerprint density at radius 3 is 2.66 bits per heavy atom. The molecule has 3 aromatic rings. The molecule has 1 aromatic heterocycles. The van der Waals surface area contributed by atoms with Gasteiger partial charge in [-0.25, -0.2) is 9.78 Å². The standard InChI is InChI=1S/C23H22BrClN4O6/c1-5-34-23(31)13(4)35-20-14(8-16(25)10-19(20)29(32)33)11-26-28-21(12(2)3)27-18-7-6-15(24)9-17(18)22(28)30/h6-13H,5H2,1-4H3/t13-/m0/s1. The molecule has 0 aliphatic heterocycles. The summed E-state index contributed by atoms with van der Waals surface area (Å²) in [5.74, 6) is -0.706. The van der Waals surface area contributed by atoms with Gasteiger partial charge < -0.3 is 9.47 Å². The van der Waals surface area contributed by atoms with Crippen LogP contribution in [0.15, 0.2) is 44.7 Å². The minimum Gasteiger partial charge on any atom is -0.471 e. The molecule has 0 saturated carbocycles. The topological polar surface area (TPSA) is 126 Å². The number of esters is 1. The molecule has 184 valence electrons. The van der Waals surface area contributed by atoms with Gasteiger partial charge in [0.1, 0.15) is 5.82 Å². The van der Waals surface area contributed by atoms with E-state index < -0.39 is 28.2 Å². The first kappa shape index (κ1) is 26.3. The molecule has 35 heavy (non-hydrogen) atoms. The first-order chi connectivity index (χ1) is 16.5. The van der Waals surface area contributed by atoms with Crippen LogP contribution in [0, 0.1) is 10.1 Å². The van der Waals surface area contributed by atoms with Crippen molar-refractivity contribution in [1.82, 2.24) is 9.66 Å². The number of benzene rings is 2. The van der Waals surface area contributed by atoms with E-state index in [1.165, 1.54) is 19.2 Å². The predicted molar refractivity (Wildman–Crippen MR) is 136 cm³/mol. The normalized spacial score (nSPS) is 12.3. The maximum atomic E-state index is 13.3. The molecule has 0 amide bonds. The van der Waals surface area contributed by atoms with Gasteiger partial charge in [0.05, 0.1) is 28.6 Å². The molecule has 0 fully saturated rings. The van der Waals surface area contributed by atoms with E-state index in [2.05, 4.69) is 26.0 Å². The van der Waals surface area contributed by atoms with Crippen molar-refractivity contribution in [3.8, 4) is 5.75 Å². The summed E-state index contributed by atoms with van der Waals surface area (Å²) >= 11 is 9.46. The summed E-state index contributed by atoms with van der Waals surface area (Å²) in [6.45, 7) is 6.88. The lowest BCUT2D eigenvalue weighted by Crippen LogP contribution is -2.27. The third-order valence-electron chi connectivity index (χ3n) is 4.83. The zero-order valence-corrected chi connectivity index (χ0v) is 21.7. The average molecular weight is 566 g/mol. The molecular formula is C23H22BrClN4O6. The van der Waals surface area contributed by atoms with Gasteiger partial charge in [0, 0.05) is 27.0 Å². The van der Waals surface area contributed by atoms with Gasteiger partial charge in [0.2, 0.25) is 5.75 Å². The third-order valence-corrected chi connectivity index (χ3v) is 5.55. The van der Waals surface area contributed by atoms with Crippen LogP contribution < -0.4 is 10.3 Å². The number of nitro groups is 1. The van der Waals surface area contributed by atoms with Crippen LogP contribution >= 0.6 is 27.5 Å². The summed E-state index contributed by atoms with van der Waals surface area (Å²) in [5.41, 5.74) is -0.280. The van der Waals surface area contributed by atoms with E-state index in [0.29, 0.717) is 21.2 Å². The van der Waals surface area contributed by atoms with Gasteiger partial charge in [-0.05, 0) is 38.1 Å². The molecule has 3 rings (SSSR count). The number of ether oxygens (including phenoxy) is 2. The fourth-order valence-corrected chi connectivity index (χ4v) is 3.80. The molecule has 0 saturated heterocycles. The van der Waals surface area contributed by atoms with E-state index in [1.807, 2.05) is 13.8 Å². The van der Waals surface area contributed by atoms with Gasteiger partial charge in [-0.2, -0.15) is 9.78 Å². The van der Waals surface area contributed by atoms with Crippen molar-refractivity contribution in [2.24, 2.45) is 5.10 Å². The van der Waals surface area contributed by atoms with Gasteiger partial charge in [-0.15, -0.1) is 0 Å². The maximum absolute atomic E-state index is 13.3. The van der Waals surface area contributed by atoms with E-state index in [1.54, 1.807) is 25.1 Å². The highest BCUT2D eigenvalue weighted by Gasteiger charge is 2.26. The fraction of sp³-hybridized carbons (Fsp3) is 0.304. The summed E-state index contributed by atoms with van der Waals surface area (Å²) < 4.78 is 12.4. The van der Waals surface area contributed by atoms with Crippen LogP contribution in [0.3, 0.4) is 0 Å². The molecule has 0 bridgehead atoms. The highest BCUT2D eigenvalue weighted by atomic mass is 79.9. The minimum absolute atomic E-state index is 0.0475. The van der Waals surface area contributed by atoms with Crippen molar-refractivity contribution in [2.45, 2.75) is 39.7 Å². The van der Waals surface area contributed by atoms with E-state index in [-0.39, 0.29) is 28.9 Å². The summed E-state index contributed by atoms with van der Waals surface area (Å²) in [5, 5.41) is 16.4. The zero-order valence-electron chi connectivity index (χ0n) is 19.3. The predicted octanol–water partition coefficient (Wildman–Crippen LogP) is 5.06. The van der Waals surface area contributed by atoms with Crippen molar-refractivity contribution in [2.75, 3.05) is 6.61 Å². The Morgan fingerprint density at radius 2 is 2.03 bits per heavy atom. The van der Waals surface area contributed by atoms with Crippen molar-refractivity contribution < 1.29 is 19.2 Å². The van der Waals surface area contributed by atoms with Gasteiger partial charge >= 0.3 is 11.7 Å². The smallest absolute Gasteiger partial charge is 0.347 e. The van der Waals surface area contributed by atoms with Crippen molar-refractivity contribution in [1.29, 1.82) is 0 Å². The van der Waals surface area contributed by atoms with E-state index >= 15 is 0 Å². The second-order valence-electron chi connectivity index (χ2n) is 7.76. The van der Waals surface area contributed by atoms with Crippen LogP contribution in [-0.4, -0.2) is 39.5 Å². The SMILES string of the molecule is CCOC(=O)[C@H](C)Oc1c(C=Nn2c(C(C)C)nc3ccc(Br)cc3c2=O)cc(Cl)cc1[N+](=O)[O-]. The first-order valence-corrected chi connectivity index (χ1v) is 11.8. The molecule has 0 aliphatic rings. The van der Waals surface area contributed by atoms with Gasteiger partial charge in [0.25, 0.3) is 5.56 Å². The number of aromatic nitrogens is 2. The highest BCUT2D eigenvalue weighted by molar-refractivity contribution is 9.10. The molecule has 0 aliphatic carbocycles. The second-order valence-corrected chi connectivity index (χ2v) is 9.11. The highest BCUT2D eigenvalue weighted by Crippen LogP contribution is 2.34. The molecule has 1 atom stereocenters. The Hall–Kier alpha value is -3.31. The molecule has 0 spiro atoms. The number of rotatable bonds is 8. The first-order valence-electron chi connectivity index (χ1n) is 10.6. The molecule has 0 unspecified atom stereocenters. The van der Waals surface area contributed by atoms with Crippen molar-refractivity contribution in [3.63, 3.8) is 0 Å². The van der Waals surface area contributed by atoms with Gasteiger partial charge in [-0.1, -0.05) is 41.4 Å². The molecule has 1 heterocycles. The number of fused-ring (bicyclic) bond motifs is 1. The molecule has 2 aromatic carbocycles. The van der Waals surface area contributed by atoms with E-state index in [0.717, 1.165) is 10.7 Å². The van der Waals surface area contributed by atoms with Crippen LogP contribution in [-0.2, 0) is 9.53 Å². The molecule has 0 radical (unpaired) electrons. The minimum atomic E-state index is -1.14. The lowest BCUT2D eigenvalue weighted by molar-refractivity contribution is -0.386. The van der Waals surface area contributed by atoms with Crippen molar-refractivity contribution >= 4 is 56.3 Å². The Balaban J connectivity index is 2.19. The van der Waals surface area contributed by atoms with Gasteiger partial charge in [-0.3, -0.25) is 14.9 Å². The summed E-state index contributed by atoms with van der Waals surface area (Å²) in [6, 6.07) is 7.64. The number of halogens is 2. The lowest BCUT2D eigenvalue weighted by atomic mass is 10.1. The lowest BCUT2D eigenvalue weighted by Gasteiger charge is -2.16. The quantitative estimate of drug-likeness (QED) is 0.162. The summed E-state index contributed by atoms with van der Waals surface area (Å²) in [4.78, 5) is 40.9. The molecule has 0 N–H and O–H groups in total. The molecule has 12 heteroatoms.